The van der Waals surface area contributed by atoms with E-state index in [-0.39, 0.29) is 0 Å². The van der Waals surface area contributed by atoms with Crippen LogP contribution in [0.4, 0.5) is 0 Å². The van der Waals surface area contributed by atoms with Crippen LogP contribution in [0.1, 0.15) is 38.5 Å². The number of hydrogen-bond acceptors (Lipinski definition) is 3. The van der Waals surface area contributed by atoms with Crippen LogP contribution in [-0.2, 0) is 4.79 Å². The van der Waals surface area contributed by atoms with Crippen LogP contribution in [0.3, 0.4) is 0 Å². The predicted molar refractivity (Wildman–Crippen MR) is 71.2 cm³/mol. The molecule has 96 valence electrons. The molecule has 0 aromatic heterocycles. The quantitative estimate of drug-likeness (QED) is 0.802. The SMILES string of the molecule is O=C(CC1CC2CCC(C1)N2)NC1CCSC1. The lowest BCUT2D eigenvalue weighted by Crippen LogP contribution is -2.41. The van der Waals surface area contributed by atoms with Crippen LogP contribution in [0.25, 0.3) is 0 Å². The van der Waals surface area contributed by atoms with E-state index in [2.05, 4.69) is 10.6 Å². The molecule has 0 aromatic carbocycles. The molecule has 0 aliphatic carbocycles. The lowest BCUT2D eigenvalue weighted by atomic mass is 9.89. The van der Waals surface area contributed by atoms with Gasteiger partial charge in [-0.2, -0.15) is 11.8 Å². The first-order chi connectivity index (χ1) is 8.29. The fourth-order valence-corrected chi connectivity index (χ4v) is 4.69. The molecule has 3 nitrogen and oxygen atoms in total. The van der Waals surface area contributed by atoms with Gasteiger partial charge in [-0.25, -0.2) is 0 Å². The molecule has 3 aliphatic rings. The second-order valence-electron chi connectivity index (χ2n) is 5.81. The van der Waals surface area contributed by atoms with Gasteiger partial charge in [-0.15, -0.1) is 0 Å². The number of thioether (sulfide) groups is 1. The van der Waals surface area contributed by atoms with Crippen molar-refractivity contribution >= 4 is 17.7 Å². The van der Waals surface area contributed by atoms with Crippen LogP contribution in [0.15, 0.2) is 0 Å². The predicted octanol–water partition coefficient (Wildman–Crippen LogP) is 1.53. The first-order valence-corrected chi connectivity index (χ1v) is 8.08. The van der Waals surface area contributed by atoms with E-state index >= 15 is 0 Å². The fourth-order valence-electron chi connectivity index (χ4n) is 3.54. The minimum absolute atomic E-state index is 0.295. The van der Waals surface area contributed by atoms with Gasteiger partial charge in [0.15, 0.2) is 0 Å². The number of fused-ring (bicyclic) bond motifs is 2. The molecule has 0 spiro atoms. The van der Waals surface area contributed by atoms with Crippen molar-refractivity contribution in [3.8, 4) is 0 Å². The van der Waals surface area contributed by atoms with Gasteiger partial charge in [-0.05, 0) is 43.8 Å². The summed E-state index contributed by atoms with van der Waals surface area (Å²) in [6.45, 7) is 0. The molecular formula is C13H22N2OS. The highest BCUT2D eigenvalue weighted by atomic mass is 32.2. The number of piperidine rings is 1. The van der Waals surface area contributed by atoms with Crippen molar-refractivity contribution < 1.29 is 4.79 Å². The van der Waals surface area contributed by atoms with Crippen LogP contribution in [0.5, 0.6) is 0 Å². The minimum atomic E-state index is 0.295. The Hall–Kier alpha value is -0.220. The maximum atomic E-state index is 12.0. The lowest BCUT2D eigenvalue weighted by molar-refractivity contribution is -0.122. The summed E-state index contributed by atoms with van der Waals surface area (Å²) in [5.74, 6) is 3.25. The molecule has 3 rings (SSSR count). The van der Waals surface area contributed by atoms with E-state index < -0.39 is 0 Å². The zero-order valence-electron chi connectivity index (χ0n) is 10.3. The second-order valence-corrected chi connectivity index (χ2v) is 6.96. The van der Waals surface area contributed by atoms with Crippen LogP contribution < -0.4 is 10.6 Å². The highest BCUT2D eigenvalue weighted by Gasteiger charge is 2.34. The minimum Gasteiger partial charge on any atom is -0.353 e. The van der Waals surface area contributed by atoms with Crippen molar-refractivity contribution in [1.82, 2.24) is 10.6 Å². The summed E-state index contributed by atoms with van der Waals surface area (Å²) in [7, 11) is 0. The summed E-state index contributed by atoms with van der Waals surface area (Å²) in [6.07, 6.45) is 6.99. The standard InChI is InChI=1S/C13H22N2OS/c16-13(15-12-3-4-17-8-12)7-9-5-10-1-2-11(6-9)14-10/h9-12,14H,1-8H2,(H,15,16). The third-order valence-corrected chi connectivity index (χ3v) is 5.50. The van der Waals surface area contributed by atoms with Crippen LogP contribution in [0.2, 0.25) is 0 Å². The van der Waals surface area contributed by atoms with Crippen molar-refractivity contribution in [2.45, 2.75) is 56.7 Å². The first-order valence-electron chi connectivity index (χ1n) is 6.93. The Kier molecular flexibility index (Phi) is 3.61. The van der Waals surface area contributed by atoms with Gasteiger partial charge in [0, 0.05) is 30.3 Å². The number of amides is 1. The highest BCUT2D eigenvalue weighted by molar-refractivity contribution is 7.99. The number of nitrogens with one attached hydrogen (secondary N) is 2. The topological polar surface area (TPSA) is 41.1 Å². The smallest absolute Gasteiger partial charge is 0.220 e. The van der Waals surface area contributed by atoms with E-state index in [4.69, 9.17) is 0 Å². The van der Waals surface area contributed by atoms with Gasteiger partial charge >= 0.3 is 0 Å². The Balaban J connectivity index is 1.44. The Morgan fingerprint density at radius 1 is 1.24 bits per heavy atom. The number of hydrogen-bond donors (Lipinski definition) is 2. The molecule has 2 bridgehead atoms. The molecule has 17 heavy (non-hydrogen) atoms. The molecular weight excluding hydrogens is 232 g/mol. The molecule has 3 heterocycles. The van der Waals surface area contributed by atoms with E-state index in [1.807, 2.05) is 11.8 Å². The van der Waals surface area contributed by atoms with Gasteiger partial charge < -0.3 is 10.6 Å². The zero-order valence-corrected chi connectivity index (χ0v) is 11.1. The van der Waals surface area contributed by atoms with E-state index in [0.29, 0.717) is 30.0 Å². The maximum absolute atomic E-state index is 12.0. The average molecular weight is 254 g/mol. The summed E-state index contributed by atoms with van der Waals surface area (Å²) in [5.41, 5.74) is 0. The largest absolute Gasteiger partial charge is 0.353 e. The summed E-state index contributed by atoms with van der Waals surface area (Å²) in [5, 5.41) is 6.83. The highest BCUT2D eigenvalue weighted by Crippen LogP contribution is 2.32. The fraction of sp³-hybridized carbons (Fsp3) is 0.923. The van der Waals surface area contributed by atoms with Crippen molar-refractivity contribution in [3.05, 3.63) is 0 Å². The molecule has 0 aromatic rings. The zero-order chi connectivity index (χ0) is 11.7. The molecule has 3 saturated heterocycles. The first kappa shape index (κ1) is 11.8. The number of rotatable bonds is 3. The van der Waals surface area contributed by atoms with Gasteiger partial charge in [-0.3, -0.25) is 4.79 Å². The third kappa shape index (κ3) is 2.97. The van der Waals surface area contributed by atoms with E-state index in [1.165, 1.54) is 31.4 Å². The molecule has 1 amide bonds. The monoisotopic (exact) mass is 254 g/mol. The second kappa shape index (κ2) is 5.19. The normalized spacial score (nSPS) is 40.5. The average Bonchev–Trinajstić information content (AvgIpc) is 2.89. The molecule has 0 saturated carbocycles. The molecule has 2 N–H and O–H groups in total. The molecule has 4 heteroatoms. The van der Waals surface area contributed by atoms with Crippen molar-refractivity contribution in [3.63, 3.8) is 0 Å². The van der Waals surface area contributed by atoms with Crippen LogP contribution in [-0.4, -0.2) is 35.5 Å². The molecule has 3 aliphatic heterocycles. The maximum Gasteiger partial charge on any atom is 0.220 e. The third-order valence-electron chi connectivity index (χ3n) is 4.34. The Labute approximate surface area is 107 Å². The molecule has 3 fully saturated rings. The van der Waals surface area contributed by atoms with Crippen molar-refractivity contribution in [1.29, 1.82) is 0 Å². The van der Waals surface area contributed by atoms with Gasteiger partial charge in [0.25, 0.3) is 0 Å². The van der Waals surface area contributed by atoms with Crippen LogP contribution in [0, 0.1) is 5.92 Å². The summed E-state index contributed by atoms with van der Waals surface area (Å²) >= 11 is 1.96. The Morgan fingerprint density at radius 2 is 2.00 bits per heavy atom. The Morgan fingerprint density at radius 3 is 2.65 bits per heavy atom. The van der Waals surface area contributed by atoms with E-state index in [0.717, 1.165) is 18.6 Å². The van der Waals surface area contributed by atoms with Gasteiger partial charge in [0.2, 0.25) is 5.91 Å². The van der Waals surface area contributed by atoms with Crippen molar-refractivity contribution in [2.24, 2.45) is 5.92 Å². The Bertz CT molecular complexity index is 279. The van der Waals surface area contributed by atoms with E-state index in [1.54, 1.807) is 0 Å². The van der Waals surface area contributed by atoms with Gasteiger partial charge in [0.1, 0.15) is 0 Å². The molecule has 3 unspecified atom stereocenters. The summed E-state index contributed by atoms with van der Waals surface area (Å²) in [4.78, 5) is 12.0. The lowest BCUT2D eigenvalue weighted by Gasteiger charge is -2.28. The summed E-state index contributed by atoms with van der Waals surface area (Å²) < 4.78 is 0. The van der Waals surface area contributed by atoms with Crippen molar-refractivity contribution in [2.75, 3.05) is 11.5 Å². The van der Waals surface area contributed by atoms with Crippen LogP contribution >= 0.6 is 11.8 Å². The summed E-state index contributed by atoms with van der Waals surface area (Å²) in [6, 6.07) is 1.85. The molecule has 0 radical (unpaired) electrons. The van der Waals surface area contributed by atoms with E-state index in [9.17, 15) is 4.79 Å². The van der Waals surface area contributed by atoms with Gasteiger partial charge in [-0.1, -0.05) is 0 Å². The number of carbonyl (C=O) groups excluding carboxylic acids is 1. The number of carbonyl (C=O) groups is 1. The van der Waals surface area contributed by atoms with Gasteiger partial charge in [0.05, 0.1) is 0 Å². The molecule has 3 atom stereocenters.